The van der Waals surface area contributed by atoms with Crippen LogP contribution in [-0.4, -0.2) is 19.6 Å². The predicted molar refractivity (Wildman–Crippen MR) is 91.6 cm³/mol. The van der Waals surface area contributed by atoms with Crippen LogP contribution in [0.1, 0.15) is 19.4 Å². The summed E-state index contributed by atoms with van der Waals surface area (Å²) in [6.07, 6.45) is 0. The lowest BCUT2D eigenvalue weighted by Gasteiger charge is -2.09. The number of hydrogen-bond donors (Lipinski definition) is 2. The first-order valence-electron chi connectivity index (χ1n) is 5.89. The van der Waals surface area contributed by atoms with Gasteiger partial charge in [0, 0.05) is 17.1 Å². The molecule has 108 valence electrons. The summed E-state index contributed by atoms with van der Waals surface area (Å²) in [7, 11) is 1.61. The molecule has 0 amide bonds. The molecule has 0 bridgehead atoms. The summed E-state index contributed by atoms with van der Waals surface area (Å²) in [6, 6.07) is 5.47. The van der Waals surface area contributed by atoms with Crippen molar-refractivity contribution in [3.63, 3.8) is 0 Å². The Morgan fingerprint density at radius 1 is 1.47 bits per heavy atom. The van der Waals surface area contributed by atoms with Crippen LogP contribution in [0.3, 0.4) is 0 Å². The highest BCUT2D eigenvalue weighted by Crippen LogP contribution is 2.23. The maximum atomic E-state index is 5.89. The van der Waals surface area contributed by atoms with E-state index in [1.54, 1.807) is 13.2 Å². The summed E-state index contributed by atoms with van der Waals surface area (Å²) in [5.74, 6) is 1.70. The number of nitrogens with two attached hydrogens (primary N) is 1. The van der Waals surface area contributed by atoms with Gasteiger partial charge >= 0.3 is 0 Å². The van der Waals surface area contributed by atoms with Crippen molar-refractivity contribution in [3.8, 4) is 5.75 Å². The minimum atomic E-state index is 0. The third-order valence-electron chi connectivity index (χ3n) is 2.36. The minimum absolute atomic E-state index is 0. The number of rotatable bonds is 5. The van der Waals surface area contributed by atoms with Crippen molar-refractivity contribution in [2.24, 2.45) is 16.6 Å². The van der Waals surface area contributed by atoms with Crippen LogP contribution in [-0.2, 0) is 6.54 Å². The zero-order valence-electron chi connectivity index (χ0n) is 11.4. The zero-order chi connectivity index (χ0) is 13.5. The van der Waals surface area contributed by atoms with Crippen LogP contribution in [0, 0.1) is 5.92 Å². The fourth-order valence-corrected chi connectivity index (χ4v) is 1.55. The van der Waals surface area contributed by atoms with E-state index < -0.39 is 0 Å². The monoisotopic (exact) mass is 397 g/mol. The molecule has 0 aromatic heterocycles. The molecule has 0 aliphatic heterocycles. The molecule has 1 rings (SSSR count). The van der Waals surface area contributed by atoms with Crippen LogP contribution in [0.4, 0.5) is 0 Å². The molecule has 1 aromatic rings. The van der Waals surface area contributed by atoms with E-state index in [2.05, 4.69) is 24.2 Å². The molecule has 0 saturated heterocycles. The number of ether oxygens (including phenoxy) is 1. The number of hydrogen-bond acceptors (Lipinski definition) is 2. The maximum absolute atomic E-state index is 5.89. The zero-order valence-corrected chi connectivity index (χ0v) is 14.5. The number of benzene rings is 1. The molecule has 0 aliphatic rings. The van der Waals surface area contributed by atoms with Crippen molar-refractivity contribution >= 4 is 41.5 Å². The van der Waals surface area contributed by atoms with Crippen LogP contribution < -0.4 is 15.8 Å². The Labute approximate surface area is 136 Å². The summed E-state index contributed by atoms with van der Waals surface area (Å²) in [4.78, 5) is 4.26. The lowest BCUT2D eigenvalue weighted by Crippen LogP contribution is -2.34. The van der Waals surface area contributed by atoms with Crippen LogP contribution >= 0.6 is 35.6 Å². The van der Waals surface area contributed by atoms with Gasteiger partial charge in [-0.15, -0.1) is 24.0 Å². The van der Waals surface area contributed by atoms with E-state index in [0.717, 1.165) is 17.9 Å². The van der Waals surface area contributed by atoms with Crippen molar-refractivity contribution < 1.29 is 4.74 Å². The highest BCUT2D eigenvalue weighted by molar-refractivity contribution is 14.0. The summed E-state index contributed by atoms with van der Waals surface area (Å²) in [6.45, 7) is 5.51. The number of nitrogens with one attached hydrogen (secondary N) is 1. The van der Waals surface area contributed by atoms with Gasteiger partial charge < -0.3 is 15.8 Å². The molecule has 0 radical (unpaired) electrons. The van der Waals surface area contributed by atoms with E-state index in [-0.39, 0.29) is 24.0 Å². The van der Waals surface area contributed by atoms with E-state index in [1.165, 1.54) is 0 Å². The molecule has 0 fully saturated rings. The van der Waals surface area contributed by atoms with E-state index >= 15 is 0 Å². The quantitative estimate of drug-likeness (QED) is 0.456. The molecule has 6 heteroatoms. The molecule has 0 unspecified atom stereocenters. The van der Waals surface area contributed by atoms with Crippen LogP contribution in [0.5, 0.6) is 5.75 Å². The van der Waals surface area contributed by atoms with Gasteiger partial charge in [0.25, 0.3) is 0 Å². The number of aliphatic imine (C=N–C) groups is 1. The highest BCUT2D eigenvalue weighted by atomic mass is 127. The Bertz CT molecular complexity index is 424. The SMILES string of the molecule is COc1cc(Cl)ccc1CN=C(N)NCC(C)C.I. The summed E-state index contributed by atoms with van der Waals surface area (Å²) in [5.41, 5.74) is 6.72. The molecular weight excluding hydrogens is 377 g/mol. The van der Waals surface area contributed by atoms with E-state index in [1.807, 2.05) is 12.1 Å². The lowest BCUT2D eigenvalue weighted by atomic mass is 10.2. The Morgan fingerprint density at radius 3 is 2.74 bits per heavy atom. The second-order valence-electron chi connectivity index (χ2n) is 4.43. The average Bonchev–Trinajstić information content (AvgIpc) is 2.34. The van der Waals surface area contributed by atoms with Gasteiger partial charge in [0.05, 0.1) is 13.7 Å². The molecular formula is C13H21ClIN3O. The molecule has 0 aliphatic carbocycles. The molecule has 19 heavy (non-hydrogen) atoms. The van der Waals surface area contributed by atoms with Crippen molar-refractivity contribution in [2.45, 2.75) is 20.4 Å². The van der Waals surface area contributed by atoms with Gasteiger partial charge in [-0.25, -0.2) is 4.99 Å². The molecule has 4 nitrogen and oxygen atoms in total. The Hall–Kier alpha value is -0.690. The maximum Gasteiger partial charge on any atom is 0.188 e. The van der Waals surface area contributed by atoms with Gasteiger partial charge in [0.15, 0.2) is 5.96 Å². The molecule has 0 atom stereocenters. The van der Waals surface area contributed by atoms with E-state index in [0.29, 0.717) is 23.4 Å². The smallest absolute Gasteiger partial charge is 0.188 e. The highest BCUT2D eigenvalue weighted by Gasteiger charge is 2.03. The molecule has 3 N–H and O–H groups in total. The molecule has 0 spiro atoms. The molecule has 0 heterocycles. The second kappa shape index (κ2) is 9.25. The average molecular weight is 398 g/mol. The number of guanidine groups is 1. The van der Waals surface area contributed by atoms with Gasteiger partial charge in [-0.2, -0.15) is 0 Å². The number of nitrogens with zero attached hydrogens (tertiary/aromatic N) is 1. The summed E-state index contributed by atoms with van der Waals surface area (Å²) >= 11 is 5.89. The van der Waals surface area contributed by atoms with Gasteiger partial charge in [0.2, 0.25) is 0 Å². The first kappa shape index (κ1) is 18.3. The van der Waals surface area contributed by atoms with Crippen LogP contribution in [0.25, 0.3) is 0 Å². The second-order valence-corrected chi connectivity index (χ2v) is 4.87. The standard InChI is InChI=1S/C13H20ClN3O.HI/c1-9(2)7-16-13(15)17-8-10-4-5-11(14)6-12(10)18-3;/h4-6,9H,7-8H2,1-3H3,(H3,15,16,17);1H. The Balaban J connectivity index is 0.00000324. The number of methoxy groups -OCH3 is 1. The molecule has 1 aromatic carbocycles. The predicted octanol–water partition coefficient (Wildman–Crippen LogP) is 3.03. The first-order chi connectivity index (χ1) is 8.52. The summed E-state index contributed by atoms with van der Waals surface area (Å²) < 4.78 is 5.24. The molecule has 0 saturated carbocycles. The van der Waals surface area contributed by atoms with Crippen LogP contribution in [0.2, 0.25) is 5.02 Å². The van der Waals surface area contributed by atoms with Gasteiger partial charge in [-0.05, 0) is 18.1 Å². The topological polar surface area (TPSA) is 59.6 Å². The Morgan fingerprint density at radius 2 is 2.16 bits per heavy atom. The summed E-state index contributed by atoms with van der Waals surface area (Å²) in [5, 5.41) is 3.71. The first-order valence-corrected chi connectivity index (χ1v) is 6.27. The largest absolute Gasteiger partial charge is 0.496 e. The third-order valence-corrected chi connectivity index (χ3v) is 2.60. The fourth-order valence-electron chi connectivity index (χ4n) is 1.38. The van der Waals surface area contributed by atoms with Crippen LogP contribution in [0.15, 0.2) is 23.2 Å². The van der Waals surface area contributed by atoms with E-state index in [9.17, 15) is 0 Å². The van der Waals surface area contributed by atoms with Gasteiger partial charge in [-0.1, -0.05) is 31.5 Å². The van der Waals surface area contributed by atoms with Crippen molar-refractivity contribution in [2.75, 3.05) is 13.7 Å². The van der Waals surface area contributed by atoms with Crippen molar-refractivity contribution in [3.05, 3.63) is 28.8 Å². The lowest BCUT2D eigenvalue weighted by molar-refractivity contribution is 0.410. The van der Waals surface area contributed by atoms with Gasteiger partial charge in [-0.3, -0.25) is 0 Å². The van der Waals surface area contributed by atoms with Gasteiger partial charge in [0.1, 0.15) is 5.75 Å². The van der Waals surface area contributed by atoms with Crippen molar-refractivity contribution in [1.29, 1.82) is 0 Å². The van der Waals surface area contributed by atoms with Crippen molar-refractivity contribution in [1.82, 2.24) is 5.32 Å². The minimum Gasteiger partial charge on any atom is -0.496 e. The third kappa shape index (κ3) is 6.87. The fraction of sp³-hybridized carbons (Fsp3) is 0.462. The number of halogens is 2. The normalized spacial score (nSPS) is 11.1. The Kier molecular flexibility index (Phi) is 8.92. The van der Waals surface area contributed by atoms with E-state index in [4.69, 9.17) is 22.1 Å².